The summed E-state index contributed by atoms with van der Waals surface area (Å²) < 4.78 is 15.6. The van der Waals surface area contributed by atoms with Gasteiger partial charge in [-0.3, -0.25) is 0 Å². The highest BCUT2D eigenvalue weighted by Crippen LogP contribution is 2.17. The van der Waals surface area contributed by atoms with Crippen molar-refractivity contribution in [3.05, 3.63) is 72.3 Å². The third-order valence-corrected chi connectivity index (χ3v) is 4.93. The predicted octanol–water partition coefficient (Wildman–Crippen LogP) is 2.55. The van der Waals surface area contributed by atoms with Crippen LogP contribution in [0.5, 0.6) is 0 Å². The zero-order valence-electron chi connectivity index (χ0n) is 14.7. The third kappa shape index (κ3) is 5.28. The molecular weight excluding hydrogens is 315 g/mol. The molecule has 0 bridgehead atoms. The molecule has 4 heteroatoms. The largest absolute Gasteiger partial charge is 0.387 e. The van der Waals surface area contributed by atoms with E-state index in [4.69, 9.17) is 0 Å². The van der Waals surface area contributed by atoms with Crippen molar-refractivity contribution in [1.82, 2.24) is 4.57 Å². The molecule has 25 heavy (non-hydrogen) atoms. The summed E-state index contributed by atoms with van der Waals surface area (Å²) in [5.41, 5.74) is 2.21. The average molecular weight is 343 g/mol. The number of aliphatic hydroxyl groups excluding tert-OH is 1. The molecule has 1 saturated carbocycles. The van der Waals surface area contributed by atoms with Crippen LogP contribution in [0, 0.1) is 5.82 Å². The number of hydrogen-bond acceptors (Lipinski definition) is 1. The van der Waals surface area contributed by atoms with Crippen molar-refractivity contribution in [1.29, 1.82) is 0 Å². The zero-order valence-corrected chi connectivity index (χ0v) is 14.7. The van der Waals surface area contributed by atoms with Gasteiger partial charge in [0.25, 0.3) is 0 Å². The van der Waals surface area contributed by atoms with Crippen LogP contribution in [0.4, 0.5) is 4.39 Å². The van der Waals surface area contributed by atoms with Gasteiger partial charge in [0.1, 0.15) is 25.0 Å². The number of nitrogens with zero attached hydrogens (tertiary/aromatic N) is 1. The molecule has 0 saturated heterocycles. The summed E-state index contributed by atoms with van der Waals surface area (Å²) in [6, 6.07) is 11.6. The summed E-state index contributed by atoms with van der Waals surface area (Å²) in [6.45, 7) is 6.09. The van der Waals surface area contributed by atoms with Gasteiger partial charge in [-0.15, -0.1) is 6.58 Å². The van der Waals surface area contributed by atoms with Crippen molar-refractivity contribution in [2.24, 2.45) is 0 Å². The lowest BCUT2D eigenvalue weighted by Crippen LogP contribution is -3.13. The smallest absolute Gasteiger partial charge is 0.123 e. The van der Waals surface area contributed by atoms with Gasteiger partial charge >= 0.3 is 0 Å². The van der Waals surface area contributed by atoms with Crippen molar-refractivity contribution >= 4 is 0 Å². The van der Waals surface area contributed by atoms with Crippen molar-refractivity contribution in [2.45, 2.75) is 50.9 Å². The highest BCUT2D eigenvalue weighted by Gasteiger charge is 2.34. The van der Waals surface area contributed by atoms with E-state index in [1.165, 1.54) is 29.5 Å². The van der Waals surface area contributed by atoms with Crippen LogP contribution in [0.1, 0.15) is 36.9 Å². The van der Waals surface area contributed by atoms with E-state index in [0.29, 0.717) is 12.6 Å². The van der Waals surface area contributed by atoms with Crippen molar-refractivity contribution < 1.29 is 14.4 Å². The first-order chi connectivity index (χ1) is 12.2. The highest BCUT2D eigenvalue weighted by atomic mass is 19.1. The molecule has 3 nitrogen and oxygen atoms in total. The molecule has 0 spiro atoms. The molecule has 1 unspecified atom stereocenters. The number of hydrogen-bond donors (Lipinski definition) is 2. The Morgan fingerprint density at radius 2 is 2.16 bits per heavy atom. The zero-order chi connectivity index (χ0) is 17.6. The maximum Gasteiger partial charge on any atom is 0.123 e. The second-order valence-corrected chi connectivity index (χ2v) is 7.09. The molecule has 3 rings (SSSR count). The van der Waals surface area contributed by atoms with E-state index in [9.17, 15) is 9.50 Å². The second-order valence-electron chi connectivity index (χ2n) is 7.09. The molecule has 1 aliphatic carbocycles. The van der Waals surface area contributed by atoms with E-state index in [1.807, 2.05) is 18.2 Å². The molecule has 2 N–H and O–H groups in total. The summed E-state index contributed by atoms with van der Waals surface area (Å²) in [5.74, 6) is -0.193. The first kappa shape index (κ1) is 17.9. The van der Waals surface area contributed by atoms with Crippen molar-refractivity contribution in [2.75, 3.05) is 6.54 Å². The van der Waals surface area contributed by atoms with Crippen LogP contribution in [0.25, 0.3) is 0 Å². The topological polar surface area (TPSA) is 29.6 Å². The summed E-state index contributed by atoms with van der Waals surface area (Å²) in [6.07, 6.45) is 7.77. The molecule has 0 radical (unpaired) electrons. The van der Waals surface area contributed by atoms with Crippen LogP contribution in [-0.4, -0.2) is 28.4 Å². The first-order valence-electron chi connectivity index (χ1n) is 9.17. The fourth-order valence-electron chi connectivity index (χ4n) is 3.42. The minimum atomic E-state index is -0.278. The Labute approximate surface area is 149 Å². The van der Waals surface area contributed by atoms with Gasteiger partial charge in [0.15, 0.2) is 0 Å². The predicted molar refractivity (Wildman–Crippen MR) is 97.9 cm³/mol. The number of allylic oxidation sites excluding steroid dienone is 1. The molecule has 1 aliphatic rings. The summed E-state index contributed by atoms with van der Waals surface area (Å²) >= 11 is 0. The number of aromatic nitrogens is 1. The van der Waals surface area contributed by atoms with Crippen LogP contribution in [0.15, 0.2) is 55.3 Å². The summed E-state index contributed by atoms with van der Waals surface area (Å²) in [5, 5.41) is 10.3. The molecule has 0 aliphatic heterocycles. The molecular formula is C21H28FN2O+. The number of aliphatic hydroxyl groups is 1. The van der Waals surface area contributed by atoms with Gasteiger partial charge in [-0.2, -0.15) is 0 Å². The minimum absolute atomic E-state index is 0.193. The van der Waals surface area contributed by atoms with Crippen LogP contribution < -0.4 is 4.90 Å². The number of benzene rings is 1. The van der Waals surface area contributed by atoms with Crippen molar-refractivity contribution in [3.8, 4) is 0 Å². The number of halogens is 1. The highest BCUT2D eigenvalue weighted by molar-refractivity contribution is 5.18. The monoisotopic (exact) mass is 343 g/mol. The summed E-state index contributed by atoms with van der Waals surface area (Å²) in [4.78, 5) is 1.45. The maximum absolute atomic E-state index is 13.4. The first-order valence-corrected chi connectivity index (χ1v) is 9.17. The molecule has 1 aromatic heterocycles. The van der Waals surface area contributed by atoms with Gasteiger partial charge < -0.3 is 14.6 Å². The van der Waals surface area contributed by atoms with Crippen LogP contribution >= 0.6 is 0 Å². The summed E-state index contributed by atoms with van der Waals surface area (Å²) in [7, 11) is 0. The Hall–Kier alpha value is -1.91. The lowest BCUT2D eigenvalue weighted by atomic mass is 10.1. The standard InChI is InChI=1S/C21H27FN2O/c1-2-3-9-21(25)16-24(19-10-11-19)15-20-8-5-12-23(20)14-17-6-4-7-18(22)13-17/h2,4-8,12-13,19,21,25H,1,3,9-11,14-16H2/p+1/t21-/m0/s1. The van der Waals surface area contributed by atoms with Gasteiger partial charge in [0, 0.05) is 25.6 Å². The van der Waals surface area contributed by atoms with Crippen LogP contribution in [0.3, 0.4) is 0 Å². The Kier molecular flexibility index (Phi) is 6.05. The average Bonchev–Trinajstić information content (AvgIpc) is 3.35. The number of quaternary nitrogens is 1. The van der Waals surface area contributed by atoms with E-state index in [2.05, 4.69) is 23.4 Å². The van der Waals surface area contributed by atoms with Gasteiger partial charge in [-0.05, 0) is 42.7 Å². The fraction of sp³-hybridized carbons (Fsp3) is 0.429. The van der Waals surface area contributed by atoms with Gasteiger partial charge in [-0.25, -0.2) is 4.39 Å². The van der Waals surface area contributed by atoms with Crippen LogP contribution in [-0.2, 0) is 13.1 Å². The molecule has 2 aromatic rings. The molecule has 1 fully saturated rings. The Morgan fingerprint density at radius 1 is 1.32 bits per heavy atom. The minimum Gasteiger partial charge on any atom is -0.387 e. The quantitative estimate of drug-likeness (QED) is 0.638. The SMILES string of the molecule is C=CCC[C@H](O)C[NH+](Cc1cccn1Cc1cccc(F)c1)C1CC1. The van der Waals surface area contributed by atoms with E-state index >= 15 is 0 Å². The maximum atomic E-state index is 13.4. The Bertz CT molecular complexity index is 693. The second kappa shape index (κ2) is 8.45. The lowest BCUT2D eigenvalue weighted by Gasteiger charge is -2.23. The van der Waals surface area contributed by atoms with E-state index in [-0.39, 0.29) is 11.9 Å². The van der Waals surface area contributed by atoms with E-state index < -0.39 is 0 Å². The van der Waals surface area contributed by atoms with E-state index in [1.54, 1.807) is 12.1 Å². The number of nitrogens with one attached hydrogen (secondary N) is 1. The third-order valence-electron chi connectivity index (χ3n) is 4.93. The molecule has 2 atom stereocenters. The van der Waals surface area contributed by atoms with E-state index in [0.717, 1.165) is 31.5 Å². The molecule has 1 aromatic carbocycles. The fourth-order valence-corrected chi connectivity index (χ4v) is 3.42. The molecule has 134 valence electrons. The molecule has 1 heterocycles. The Morgan fingerprint density at radius 3 is 2.88 bits per heavy atom. The Balaban J connectivity index is 1.65. The van der Waals surface area contributed by atoms with Gasteiger partial charge in [-0.1, -0.05) is 18.2 Å². The van der Waals surface area contributed by atoms with Crippen molar-refractivity contribution in [3.63, 3.8) is 0 Å². The van der Waals surface area contributed by atoms with Crippen LogP contribution in [0.2, 0.25) is 0 Å². The lowest BCUT2D eigenvalue weighted by molar-refractivity contribution is -0.928. The van der Waals surface area contributed by atoms with Gasteiger partial charge in [0.05, 0.1) is 11.7 Å². The van der Waals surface area contributed by atoms with Gasteiger partial charge in [0.2, 0.25) is 0 Å². The normalized spacial score (nSPS) is 16.6. The number of rotatable bonds is 10. The molecule has 0 amide bonds.